The normalized spacial score (nSPS) is 29.2. The average molecular weight is 246 g/mol. The minimum absolute atomic E-state index is 0.243. The Balaban J connectivity index is 1.45. The highest BCUT2D eigenvalue weighted by molar-refractivity contribution is 5.67. The van der Waals surface area contributed by atoms with Gasteiger partial charge in [0.25, 0.3) is 0 Å². The van der Waals surface area contributed by atoms with Crippen molar-refractivity contribution in [3.8, 4) is 0 Å². The third-order valence-electron chi connectivity index (χ3n) is 3.84. The van der Waals surface area contributed by atoms with Crippen molar-refractivity contribution in [2.75, 3.05) is 6.54 Å². The molecule has 2 aliphatic rings. The number of nitrogens with one attached hydrogen (secondary N) is 2. The number of hydrogen-bond acceptors (Lipinski definition) is 3. The maximum absolute atomic E-state index is 11.7. The number of carbonyl (C=O) groups is 1. The molecule has 2 fully saturated rings. The molecule has 18 heavy (non-hydrogen) atoms. The molecule has 3 rings (SSSR count). The number of benzene rings is 1. The van der Waals surface area contributed by atoms with Crippen LogP contribution in [0, 0.1) is 5.92 Å². The van der Waals surface area contributed by atoms with Crippen molar-refractivity contribution in [1.82, 2.24) is 10.6 Å². The Morgan fingerprint density at radius 3 is 2.83 bits per heavy atom. The molecule has 1 aliphatic carbocycles. The van der Waals surface area contributed by atoms with E-state index in [9.17, 15) is 4.79 Å². The first-order chi connectivity index (χ1) is 8.81. The van der Waals surface area contributed by atoms with Crippen LogP contribution in [0.4, 0.5) is 4.79 Å². The highest BCUT2D eigenvalue weighted by atomic mass is 16.5. The summed E-state index contributed by atoms with van der Waals surface area (Å²) in [5.41, 5.74) is 1.01. The molecule has 1 heterocycles. The lowest BCUT2D eigenvalue weighted by atomic mass is 10.1. The molecule has 1 saturated carbocycles. The maximum Gasteiger partial charge on any atom is 0.407 e. The summed E-state index contributed by atoms with van der Waals surface area (Å²) in [4.78, 5) is 11.7. The van der Waals surface area contributed by atoms with Crippen molar-refractivity contribution < 1.29 is 9.53 Å². The van der Waals surface area contributed by atoms with E-state index in [2.05, 4.69) is 10.6 Å². The van der Waals surface area contributed by atoms with E-state index in [1.807, 2.05) is 30.3 Å². The van der Waals surface area contributed by atoms with E-state index in [0.29, 0.717) is 12.6 Å². The molecule has 3 atom stereocenters. The summed E-state index contributed by atoms with van der Waals surface area (Å²) in [5, 5.41) is 6.37. The van der Waals surface area contributed by atoms with Gasteiger partial charge in [-0.2, -0.15) is 0 Å². The van der Waals surface area contributed by atoms with Gasteiger partial charge < -0.3 is 15.4 Å². The first-order valence-electron chi connectivity index (χ1n) is 6.52. The Bertz CT molecular complexity index is 421. The Morgan fingerprint density at radius 2 is 2.17 bits per heavy atom. The molecule has 1 aromatic rings. The molecule has 4 heteroatoms. The second-order valence-corrected chi connectivity index (χ2v) is 5.16. The zero-order valence-electron chi connectivity index (χ0n) is 10.3. The standard InChI is InChI=1S/C14H18N2O2/c17-14(18-9-10-4-2-1-3-5-10)16-13-7-11-6-12(13)15-8-11/h1-5,11-13,15H,6-9H2,(H,16,17)/t11-,12+,13+/m0/s1. The van der Waals surface area contributed by atoms with Gasteiger partial charge in [-0.25, -0.2) is 4.79 Å². The molecule has 0 radical (unpaired) electrons. The third kappa shape index (κ3) is 2.48. The predicted molar refractivity (Wildman–Crippen MR) is 68.1 cm³/mol. The van der Waals surface area contributed by atoms with Crippen molar-refractivity contribution in [3.63, 3.8) is 0 Å². The van der Waals surface area contributed by atoms with Crippen molar-refractivity contribution in [1.29, 1.82) is 0 Å². The van der Waals surface area contributed by atoms with E-state index in [4.69, 9.17) is 4.74 Å². The van der Waals surface area contributed by atoms with Gasteiger partial charge in [-0.3, -0.25) is 0 Å². The van der Waals surface area contributed by atoms with Crippen LogP contribution in [0.3, 0.4) is 0 Å². The zero-order valence-corrected chi connectivity index (χ0v) is 10.3. The summed E-state index contributed by atoms with van der Waals surface area (Å²) in [7, 11) is 0. The van der Waals surface area contributed by atoms with Crippen molar-refractivity contribution in [3.05, 3.63) is 35.9 Å². The van der Waals surface area contributed by atoms with Gasteiger partial charge in [0.1, 0.15) is 6.61 Å². The number of fused-ring (bicyclic) bond motifs is 2. The number of ether oxygens (including phenoxy) is 1. The second kappa shape index (κ2) is 4.98. The topological polar surface area (TPSA) is 50.4 Å². The molecule has 96 valence electrons. The number of rotatable bonds is 3. The summed E-state index contributed by atoms with van der Waals surface area (Å²) < 4.78 is 5.22. The van der Waals surface area contributed by atoms with Gasteiger partial charge in [-0.05, 0) is 30.9 Å². The predicted octanol–water partition coefficient (Wildman–Crippen LogP) is 1.66. The molecule has 4 nitrogen and oxygen atoms in total. The second-order valence-electron chi connectivity index (χ2n) is 5.16. The molecule has 2 N–H and O–H groups in total. The Labute approximate surface area is 107 Å². The van der Waals surface area contributed by atoms with Crippen LogP contribution in [0.2, 0.25) is 0 Å². The summed E-state index contributed by atoms with van der Waals surface area (Å²) in [6.45, 7) is 1.43. The van der Waals surface area contributed by atoms with Crippen LogP contribution < -0.4 is 10.6 Å². The van der Waals surface area contributed by atoms with Gasteiger partial charge in [-0.15, -0.1) is 0 Å². The molecular formula is C14H18N2O2. The molecule has 1 aromatic carbocycles. The van der Waals surface area contributed by atoms with Gasteiger partial charge in [0.15, 0.2) is 0 Å². The molecule has 0 spiro atoms. The smallest absolute Gasteiger partial charge is 0.407 e. The number of alkyl carbamates (subject to hydrolysis) is 1. The van der Waals surface area contributed by atoms with Crippen LogP contribution >= 0.6 is 0 Å². The molecule has 2 bridgehead atoms. The molecular weight excluding hydrogens is 228 g/mol. The number of carbonyl (C=O) groups excluding carboxylic acids is 1. The van der Waals surface area contributed by atoms with Gasteiger partial charge >= 0.3 is 6.09 Å². The highest BCUT2D eigenvalue weighted by Gasteiger charge is 2.40. The number of piperidine rings is 1. The van der Waals surface area contributed by atoms with Gasteiger partial charge in [0, 0.05) is 12.1 Å². The molecule has 0 unspecified atom stereocenters. The van der Waals surface area contributed by atoms with E-state index in [1.54, 1.807) is 0 Å². The van der Waals surface area contributed by atoms with Crippen LogP contribution in [0.5, 0.6) is 0 Å². The van der Waals surface area contributed by atoms with E-state index < -0.39 is 0 Å². The van der Waals surface area contributed by atoms with E-state index >= 15 is 0 Å². The molecule has 1 amide bonds. The SMILES string of the molecule is O=C(N[C@@H]1C[C@H]2CN[C@@H]1C2)OCc1ccccc1. The van der Waals surface area contributed by atoms with Crippen molar-refractivity contribution in [2.45, 2.75) is 31.5 Å². The lowest BCUT2D eigenvalue weighted by molar-refractivity contribution is 0.133. The Morgan fingerprint density at radius 1 is 1.33 bits per heavy atom. The van der Waals surface area contributed by atoms with Crippen molar-refractivity contribution >= 4 is 6.09 Å². The summed E-state index contributed by atoms with van der Waals surface area (Å²) >= 11 is 0. The van der Waals surface area contributed by atoms with Crippen LogP contribution in [0.1, 0.15) is 18.4 Å². The van der Waals surface area contributed by atoms with E-state index in [-0.39, 0.29) is 12.1 Å². The lowest BCUT2D eigenvalue weighted by Crippen LogP contribution is -2.48. The van der Waals surface area contributed by atoms with Gasteiger partial charge in [0.2, 0.25) is 0 Å². The van der Waals surface area contributed by atoms with Crippen LogP contribution in [-0.4, -0.2) is 24.7 Å². The monoisotopic (exact) mass is 246 g/mol. The summed E-state index contributed by atoms with van der Waals surface area (Å²) in [5.74, 6) is 0.731. The first kappa shape index (κ1) is 11.5. The van der Waals surface area contributed by atoms with Crippen LogP contribution in [0.15, 0.2) is 30.3 Å². The first-order valence-corrected chi connectivity index (χ1v) is 6.52. The molecule has 0 aromatic heterocycles. The zero-order chi connectivity index (χ0) is 12.4. The molecule has 1 aliphatic heterocycles. The fraction of sp³-hybridized carbons (Fsp3) is 0.500. The van der Waals surface area contributed by atoms with E-state index in [0.717, 1.165) is 24.4 Å². The maximum atomic E-state index is 11.7. The number of hydrogen-bond donors (Lipinski definition) is 2. The fourth-order valence-corrected chi connectivity index (χ4v) is 2.93. The van der Waals surface area contributed by atoms with E-state index in [1.165, 1.54) is 6.42 Å². The largest absolute Gasteiger partial charge is 0.445 e. The fourth-order valence-electron chi connectivity index (χ4n) is 2.93. The van der Waals surface area contributed by atoms with Crippen molar-refractivity contribution in [2.24, 2.45) is 5.92 Å². The minimum atomic E-state index is -0.307. The summed E-state index contributed by atoms with van der Waals surface area (Å²) in [6.07, 6.45) is 1.96. The van der Waals surface area contributed by atoms with Gasteiger partial charge in [-0.1, -0.05) is 30.3 Å². The lowest BCUT2D eigenvalue weighted by Gasteiger charge is -2.23. The van der Waals surface area contributed by atoms with Crippen LogP contribution in [-0.2, 0) is 11.3 Å². The Kier molecular flexibility index (Phi) is 3.19. The minimum Gasteiger partial charge on any atom is -0.445 e. The Hall–Kier alpha value is -1.55. The average Bonchev–Trinajstić information content (AvgIpc) is 3.00. The van der Waals surface area contributed by atoms with Crippen LogP contribution in [0.25, 0.3) is 0 Å². The molecule has 1 saturated heterocycles. The van der Waals surface area contributed by atoms with Gasteiger partial charge in [0.05, 0.1) is 0 Å². The number of amides is 1. The third-order valence-corrected chi connectivity index (χ3v) is 3.84. The highest BCUT2D eigenvalue weighted by Crippen LogP contribution is 2.31. The summed E-state index contributed by atoms with van der Waals surface area (Å²) in [6, 6.07) is 10.4. The quantitative estimate of drug-likeness (QED) is 0.853.